The molecule has 8 heteroatoms. The second-order valence-electron chi connectivity index (χ2n) is 6.44. The molecule has 148 valence electrons. The Morgan fingerprint density at radius 2 is 2.18 bits per heavy atom. The lowest BCUT2D eigenvalue weighted by Crippen LogP contribution is -2.86. The summed E-state index contributed by atoms with van der Waals surface area (Å²) in [5.74, 6) is -0.0199. The minimum atomic E-state index is -0.701. The van der Waals surface area contributed by atoms with E-state index in [1.165, 1.54) is 6.26 Å². The van der Waals surface area contributed by atoms with Crippen molar-refractivity contribution in [3.05, 3.63) is 70.3 Å². The highest BCUT2D eigenvalue weighted by Gasteiger charge is 2.36. The van der Waals surface area contributed by atoms with E-state index in [-0.39, 0.29) is 12.6 Å². The summed E-state index contributed by atoms with van der Waals surface area (Å²) < 4.78 is 10.6. The molecule has 2 heterocycles. The largest absolute Gasteiger partial charge is 0.467 e. The van der Waals surface area contributed by atoms with Gasteiger partial charge in [-0.05, 0) is 38.1 Å². The lowest BCUT2D eigenvalue weighted by atomic mass is 9.99. The molecule has 0 aliphatic carbocycles. The fraction of sp³-hybridized carbons (Fsp3) is 0.300. The number of carbonyl (C=O) groups excluding carboxylic acids is 2. The van der Waals surface area contributed by atoms with E-state index in [1.54, 1.807) is 19.1 Å². The first-order chi connectivity index (χ1) is 13.5. The van der Waals surface area contributed by atoms with E-state index in [0.717, 1.165) is 5.56 Å². The zero-order chi connectivity index (χ0) is 20.1. The number of benzene rings is 1. The van der Waals surface area contributed by atoms with Gasteiger partial charge in [-0.3, -0.25) is 0 Å². The number of quaternary nitrogens is 1. The van der Waals surface area contributed by atoms with Crippen LogP contribution < -0.4 is 16.0 Å². The number of nitrogens with two attached hydrogens (primary N) is 1. The van der Waals surface area contributed by atoms with Gasteiger partial charge in [0, 0.05) is 10.6 Å². The Labute approximate surface area is 168 Å². The van der Waals surface area contributed by atoms with Gasteiger partial charge in [0.15, 0.2) is 0 Å². The number of esters is 1. The molecule has 4 N–H and O–H groups in total. The highest BCUT2D eigenvalue weighted by Crippen LogP contribution is 2.27. The van der Waals surface area contributed by atoms with Gasteiger partial charge in [0.05, 0.1) is 24.1 Å². The number of amides is 2. The molecule has 7 nitrogen and oxygen atoms in total. The second kappa shape index (κ2) is 8.95. The first-order valence-corrected chi connectivity index (χ1v) is 9.47. The van der Waals surface area contributed by atoms with Crippen LogP contribution in [0.3, 0.4) is 0 Å². The standard InChI is InChI=1S/C20H22ClN3O4/c1-3-27-19(25)17-15(11-22-12(2)13-6-4-7-14(21)10-13)23-20(26)24-18(17)16-8-5-9-28-16/h4-10,12,18,22H,3,11H2,1-2H3,(H2,23,24,26)/p+1/t12-,18+/m1/s1. The minimum absolute atomic E-state index is 0.0727. The first kappa shape index (κ1) is 20.0. The number of hydrogen-bond donors (Lipinski definition) is 3. The van der Waals surface area contributed by atoms with Gasteiger partial charge in [-0.2, -0.15) is 0 Å². The number of carbonyl (C=O) groups is 2. The molecule has 1 aromatic heterocycles. The number of rotatable bonds is 7. The van der Waals surface area contributed by atoms with Crippen molar-refractivity contribution in [3.8, 4) is 0 Å². The van der Waals surface area contributed by atoms with Gasteiger partial charge in [0.2, 0.25) is 0 Å². The van der Waals surface area contributed by atoms with Gasteiger partial charge in [0.1, 0.15) is 24.4 Å². The van der Waals surface area contributed by atoms with Gasteiger partial charge < -0.3 is 25.1 Å². The van der Waals surface area contributed by atoms with Crippen molar-refractivity contribution in [2.45, 2.75) is 25.9 Å². The average molecular weight is 405 g/mol. The number of furan rings is 1. The molecule has 0 spiro atoms. The molecule has 0 saturated carbocycles. The molecule has 0 fully saturated rings. The van der Waals surface area contributed by atoms with E-state index in [0.29, 0.717) is 28.6 Å². The predicted molar refractivity (Wildman–Crippen MR) is 103 cm³/mol. The van der Waals surface area contributed by atoms with E-state index < -0.39 is 18.0 Å². The molecule has 1 aliphatic rings. The van der Waals surface area contributed by atoms with Crippen molar-refractivity contribution in [1.82, 2.24) is 10.6 Å². The van der Waals surface area contributed by atoms with Crippen LogP contribution in [0.5, 0.6) is 0 Å². The average Bonchev–Trinajstić information content (AvgIpc) is 3.20. The maximum Gasteiger partial charge on any atom is 0.338 e. The number of halogens is 1. The van der Waals surface area contributed by atoms with Crippen LogP contribution in [0.2, 0.25) is 5.02 Å². The van der Waals surface area contributed by atoms with Crippen LogP contribution in [-0.4, -0.2) is 25.2 Å². The molecular weight excluding hydrogens is 382 g/mol. The third-order valence-corrected chi connectivity index (χ3v) is 4.76. The molecule has 2 amide bonds. The van der Waals surface area contributed by atoms with Crippen molar-refractivity contribution in [2.24, 2.45) is 0 Å². The summed E-state index contributed by atoms with van der Waals surface area (Å²) in [6.45, 7) is 4.38. The minimum Gasteiger partial charge on any atom is -0.467 e. The Balaban J connectivity index is 1.87. The van der Waals surface area contributed by atoms with Crippen LogP contribution in [0.1, 0.15) is 37.3 Å². The predicted octanol–water partition coefficient (Wildman–Crippen LogP) is 2.43. The molecule has 0 radical (unpaired) electrons. The number of nitrogens with one attached hydrogen (secondary N) is 2. The SMILES string of the molecule is CCOC(=O)C1=C(C[NH2+][C@H](C)c2cccc(Cl)c2)NC(=O)N[C@H]1c1ccco1. The lowest BCUT2D eigenvalue weighted by molar-refractivity contribution is -0.686. The monoisotopic (exact) mass is 404 g/mol. The molecule has 0 saturated heterocycles. The molecular formula is C20H23ClN3O4+. The van der Waals surface area contributed by atoms with Crippen molar-refractivity contribution in [1.29, 1.82) is 0 Å². The third kappa shape index (κ3) is 4.55. The first-order valence-electron chi connectivity index (χ1n) is 9.09. The maximum atomic E-state index is 12.6. The fourth-order valence-corrected chi connectivity index (χ4v) is 3.32. The molecule has 2 atom stereocenters. The van der Waals surface area contributed by atoms with Crippen molar-refractivity contribution in [3.63, 3.8) is 0 Å². The molecule has 0 unspecified atom stereocenters. The Kier molecular flexibility index (Phi) is 6.38. The molecule has 1 aliphatic heterocycles. The van der Waals surface area contributed by atoms with Crippen LogP contribution in [0, 0.1) is 0 Å². The van der Waals surface area contributed by atoms with Gasteiger partial charge in [-0.1, -0.05) is 23.7 Å². The Bertz CT molecular complexity index is 879. The molecule has 2 aromatic rings. The summed E-state index contributed by atoms with van der Waals surface area (Å²) in [5.41, 5.74) is 1.89. The zero-order valence-electron chi connectivity index (χ0n) is 15.7. The summed E-state index contributed by atoms with van der Waals surface area (Å²) in [6.07, 6.45) is 1.50. The number of urea groups is 1. The quantitative estimate of drug-likeness (QED) is 0.617. The highest BCUT2D eigenvalue weighted by atomic mass is 35.5. The molecule has 1 aromatic carbocycles. The van der Waals surface area contributed by atoms with Gasteiger partial charge >= 0.3 is 12.0 Å². The molecule has 3 rings (SSSR count). The Morgan fingerprint density at radius 3 is 2.86 bits per heavy atom. The Morgan fingerprint density at radius 1 is 1.36 bits per heavy atom. The summed E-state index contributed by atoms with van der Waals surface area (Å²) in [4.78, 5) is 24.8. The lowest BCUT2D eigenvalue weighted by Gasteiger charge is -2.27. The summed E-state index contributed by atoms with van der Waals surface area (Å²) in [5, 5.41) is 8.16. The maximum absolute atomic E-state index is 12.6. The van der Waals surface area contributed by atoms with Crippen LogP contribution in [0.15, 0.2) is 58.3 Å². The fourth-order valence-electron chi connectivity index (χ4n) is 3.12. The molecule has 0 bridgehead atoms. The van der Waals surface area contributed by atoms with E-state index in [4.69, 9.17) is 20.8 Å². The smallest absolute Gasteiger partial charge is 0.338 e. The van der Waals surface area contributed by atoms with Crippen molar-refractivity contribution < 1.29 is 24.1 Å². The van der Waals surface area contributed by atoms with Gasteiger partial charge in [0.25, 0.3) is 0 Å². The zero-order valence-corrected chi connectivity index (χ0v) is 16.5. The Hall–Kier alpha value is -2.77. The van der Waals surface area contributed by atoms with Gasteiger partial charge in [-0.15, -0.1) is 0 Å². The van der Waals surface area contributed by atoms with E-state index in [2.05, 4.69) is 10.6 Å². The number of hydrogen-bond acceptors (Lipinski definition) is 4. The second-order valence-corrected chi connectivity index (χ2v) is 6.88. The van der Waals surface area contributed by atoms with Crippen LogP contribution in [0.25, 0.3) is 0 Å². The van der Waals surface area contributed by atoms with Crippen LogP contribution in [-0.2, 0) is 9.53 Å². The van der Waals surface area contributed by atoms with E-state index in [9.17, 15) is 9.59 Å². The van der Waals surface area contributed by atoms with Crippen LogP contribution in [0.4, 0.5) is 4.79 Å². The summed E-state index contributed by atoms with van der Waals surface area (Å²) in [7, 11) is 0. The summed E-state index contributed by atoms with van der Waals surface area (Å²) >= 11 is 6.07. The third-order valence-electron chi connectivity index (χ3n) is 4.53. The van der Waals surface area contributed by atoms with Gasteiger partial charge in [-0.25, -0.2) is 9.59 Å². The van der Waals surface area contributed by atoms with Crippen LogP contribution >= 0.6 is 11.6 Å². The highest BCUT2D eigenvalue weighted by molar-refractivity contribution is 6.30. The van der Waals surface area contributed by atoms with Crippen molar-refractivity contribution in [2.75, 3.05) is 13.2 Å². The normalized spacial score (nSPS) is 17.7. The summed E-state index contributed by atoms with van der Waals surface area (Å²) in [6, 6.07) is 10.00. The molecule has 28 heavy (non-hydrogen) atoms. The van der Waals surface area contributed by atoms with Crippen molar-refractivity contribution >= 4 is 23.6 Å². The number of ether oxygens (including phenoxy) is 1. The topological polar surface area (TPSA) is 97.2 Å². The van der Waals surface area contributed by atoms with E-state index in [1.807, 2.05) is 36.5 Å². The van der Waals surface area contributed by atoms with E-state index >= 15 is 0 Å².